The second-order valence-corrected chi connectivity index (χ2v) is 10.5. The van der Waals surface area contributed by atoms with Crippen molar-refractivity contribution in [3.8, 4) is 5.75 Å². The molecule has 3 aromatic rings. The molecule has 14 heteroatoms. The molecule has 0 radical (unpaired) electrons. The molecule has 2 aliphatic rings. The molecule has 2 heterocycles. The van der Waals surface area contributed by atoms with Gasteiger partial charge in [0.05, 0.1) is 21.5 Å². The van der Waals surface area contributed by atoms with Gasteiger partial charge in [0.1, 0.15) is 22.2 Å². The highest BCUT2D eigenvalue weighted by Gasteiger charge is 2.29. The molecule has 2 fully saturated rings. The maximum absolute atomic E-state index is 14.2. The zero-order chi connectivity index (χ0) is 28.6. The van der Waals surface area contributed by atoms with Crippen molar-refractivity contribution < 1.29 is 23.6 Å². The Morgan fingerprint density at radius 3 is 2.50 bits per heavy atom. The van der Waals surface area contributed by atoms with Gasteiger partial charge in [-0.2, -0.15) is 0 Å². The highest BCUT2D eigenvalue weighted by molar-refractivity contribution is 6.32. The van der Waals surface area contributed by atoms with Crippen LogP contribution in [0, 0.1) is 15.9 Å². The first kappa shape index (κ1) is 27.8. The number of fused-ring (bicyclic) bond motifs is 1. The molecule has 40 heavy (non-hydrogen) atoms. The molecule has 1 saturated carbocycles. The number of carbonyl (C=O) groups is 2. The summed E-state index contributed by atoms with van der Waals surface area (Å²) in [6.07, 6.45) is 4.32. The average molecular weight is 592 g/mol. The van der Waals surface area contributed by atoms with Gasteiger partial charge in [0, 0.05) is 36.8 Å². The molecule has 0 atom stereocenters. The van der Waals surface area contributed by atoms with E-state index in [2.05, 4.69) is 10.7 Å². The zero-order valence-electron chi connectivity index (χ0n) is 21.0. The van der Waals surface area contributed by atoms with Crippen molar-refractivity contribution in [1.29, 1.82) is 0 Å². The number of pyridine rings is 1. The number of nitrogens with zero attached hydrogens (tertiary/aromatic N) is 3. The fourth-order valence-electron chi connectivity index (χ4n) is 4.64. The van der Waals surface area contributed by atoms with Gasteiger partial charge in [0.15, 0.2) is 6.61 Å². The highest BCUT2D eigenvalue weighted by Crippen LogP contribution is 2.37. The summed E-state index contributed by atoms with van der Waals surface area (Å²) in [5.41, 5.74) is 2.26. The third-order valence-electron chi connectivity index (χ3n) is 6.86. The van der Waals surface area contributed by atoms with Gasteiger partial charge in [-0.25, -0.2) is 9.40 Å². The lowest BCUT2D eigenvalue weighted by molar-refractivity contribution is -0.384. The van der Waals surface area contributed by atoms with Crippen LogP contribution >= 0.6 is 23.2 Å². The van der Waals surface area contributed by atoms with E-state index in [4.69, 9.17) is 27.9 Å². The summed E-state index contributed by atoms with van der Waals surface area (Å²) in [5, 5.41) is 15.6. The molecule has 1 aliphatic heterocycles. The number of carbonyl (C=O) groups excluding carboxylic acids is 2. The quantitative estimate of drug-likeness (QED) is 0.298. The summed E-state index contributed by atoms with van der Waals surface area (Å²) in [7, 11) is 0. The van der Waals surface area contributed by atoms with Crippen molar-refractivity contribution in [2.45, 2.75) is 37.8 Å². The molecular formula is C26H24Cl2FN5O6. The van der Waals surface area contributed by atoms with Crippen molar-refractivity contribution in [3.63, 3.8) is 0 Å². The van der Waals surface area contributed by atoms with Gasteiger partial charge in [-0.05, 0) is 49.9 Å². The fraction of sp³-hybridized carbons (Fsp3) is 0.346. The van der Waals surface area contributed by atoms with Crippen LogP contribution in [0.5, 0.6) is 5.75 Å². The molecule has 0 spiro atoms. The Morgan fingerprint density at radius 1 is 1.10 bits per heavy atom. The Hall–Kier alpha value is -3.74. The van der Waals surface area contributed by atoms with E-state index < -0.39 is 28.0 Å². The minimum atomic E-state index is -0.722. The van der Waals surface area contributed by atoms with E-state index in [1.54, 1.807) is 5.01 Å². The van der Waals surface area contributed by atoms with Gasteiger partial charge in [-0.15, -0.1) is 0 Å². The number of hydrogen-bond acceptors (Lipinski definition) is 7. The first-order valence-corrected chi connectivity index (χ1v) is 13.3. The van der Waals surface area contributed by atoms with Gasteiger partial charge in [0.25, 0.3) is 17.5 Å². The van der Waals surface area contributed by atoms with E-state index in [-0.39, 0.29) is 51.1 Å². The van der Waals surface area contributed by atoms with Gasteiger partial charge in [-0.3, -0.25) is 29.9 Å². The summed E-state index contributed by atoms with van der Waals surface area (Å²) in [5.74, 6) is -1.58. The third-order valence-corrected chi connectivity index (χ3v) is 7.47. The van der Waals surface area contributed by atoms with Crippen molar-refractivity contribution in [1.82, 2.24) is 20.3 Å². The maximum Gasteiger partial charge on any atom is 0.291 e. The van der Waals surface area contributed by atoms with Crippen LogP contribution in [0.3, 0.4) is 0 Å². The van der Waals surface area contributed by atoms with E-state index in [0.29, 0.717) is 31.4 Å². The lowest BCUT2D eigenvalue weighted by Gasteiger charge is -2.32. The van der Waals surface area contributed by atoms with Crippen LogP contribution in [-0.2, 0) is 4.79 Å². The lowest BCUT2D eigenvalue weighted by Crippen LogP contribution is -2.52. The van der Waals surface area contributed by atoms with E-state index in [9.17, 15) is 28.9 Å². The number of hydrogen-bond donors (Lipinski definition) is 2. The molecule has 2 aromatic carbocycles. The standard InChI is InChI=1S/C26H24Cl2FN5O6/c27-19-4-3-16(9-23(19)34(38)39)40-13-24(35)31-32-7-5-14(6-8-32)30-26(37)18-12-33(15-1-2-15)22-11-20(28)21(29)10-17(22)25(18)36/h3-4,9-12,14-15H,1-2,5-8,13H2,(H,30,37)(H,31,35). The number of ether oxygens (including phenoxy) is 1. The Balaban J connectivity index is 1.16. The number of benzene rings is 2. The maximum atomic E-state index is 14.2. The predicted octanol–water partition coefficient (Wildman–Crippen LogP) is 3.99. The van der Waals surface area contributed by atoms with Crippen LogP contribution in [0.4, 0.5) is 10.1 Å². The molecule has 11 nitrogen and oxygen atoms in total. The fourth-order valence-corrected chi connectivity index (χ4v) is 4.98. The minimum absolute atomic E-state index is 0.0372. The molecule has 0 unspecified atom stereocenters. The van der Waals surface area contributed by atoms with Crippen LogP contribution in [0.1, 0.15) is 42.1 Å². The van der Waals surface area contributed by atoms with E-state index in [0.717, 1.165) is 25.0 Å². The van der Waals surface area contributed by atoms with Gasteiger partial charge in [-0.1, -0.05) is 23.2 Å². The van der Waals surface area contributed by atoms with Crippen molar-refractivity contribution in [2.75, 3.05) is 19.7 Å². The second-order valence-electron chi connectivity index (χ2n) is 9.72. The van der Waals surface area contributed by atoms with Crippen LogP contribution < -0.4 is 20.9 Å². The van der Waals surface area contributed by atoms with E-state index in [1.165, 1.54) is 24.4 Å². The SMILES string of the molecule is O=C(COc1ccc(Cl)c([N+](=O)[O-])c1)NN1CCC(NC(=O)c2cn(C3CC3)c3cc(Cl)c(F)cc3c2=O)CC1. The lowest BCUT2D eigenvalue weighted by atomic mass is 10.0. The first-order valence-electron chi connectivity index (χ1n) is 12.6. The topological polar surface area (TPSA) is 136 Å². The van der Waals surface area contributed by atoms with E-state index >= 15 is 0 Å². The number of rotatable bonds is 8. The molecule has 1 aliphatic carbocycles. The summed E-state index contributed by atoms with van der Waals surface area (Å²) in [4.78, 5) is 48.9. The molecule has 2 N–H and O–H groups in total. The highest BCUT2D eigenvalue weighted by atomic mass is 35.5. The average Bonchev–Trinajstić information content (AvgIpc) is 3.76. The summed E-state index contributed by atoms with van der Waals surface area (Å²) in [6.45, 7) is 0.490. The number of hydrazine groups is 1. The molecular weight excluding hydrogens is 568 g/mol. The van der Waals surface area contributed by atoms with Crippen LogP contribution in [0.25, 0.3) is 10.9 Å². The number of nitrogens with one attached hydrogen (secondary N) is 2. The summed E-state index contributed by atoms with van der Waals surface area (Å²) < 4.78 is 21.3. The number of halogens is 3. The van der Waals surface area contributed by atoms with E-state index in [1.807, 2.05) is 4.57 Å². The Labute approximate surface area is 236 Å². The van der Waals surface area contributed by atoms with Crippen LogP contribution in [-0.4, -0.2) is 52.1 Å². The number of nitro groups is 1. The second kappa shape index (κ2) is 11.4. The van der Waals surface area contributed by atoms with Crippen molar-refractivity contribution in [2.24, 2.45) is 0 Å². The Bertz CT molecular complexity index is 1570. The number of nitro benzene ring substituents is 1. The van der Waals surface area contributed by atoms with Crippen molar-refractivity contribution >= 4 is 51.6 Å². The minimum Gasteiger partial charge on any atom is -0.483 e. The van der Waals surface area contributed by atoms with Gasteiger partial charge in [0.2, 0.25) is 5.43 Å². The number of amides is 2. The van der Waals surface area contributed by atoms with Crippen LogP contribution in [0.15, 0.2) is 41.3 Å². The predicted molar refractivity (Wildman–Crippen MR) is 145 cm³/mol. The summed E-state index contributed by atoms with van der Waals surface area (Å²) >= 11 is 11.7. The molecule has 1 aromatic heterocycles. The van der Waals surface area contributed by atoms with Gasteiger partial charge >= 0.3 is 0 Å². The summed E-state index contributed by atoms with van der Waals surface area (Å²) in [6, 6.07) is 6.28. The molecule has 1 saturated heterocycles. The molecule has 0 bridgehead atoms. The number of aromatic nitrogens is 1. The largest absolute Gasteiger partial charge is 0.483 e. The monoisotopic (exact) mass is 591 g/mol. The van der Waals surface area contributed by atoms with Crippen molar-refractivity contribution in [3.05, 3.63) is 78.3 Å². The Morgan fingerprint density at radius 2 is 1.82 bits per heavy atom. The smallest absolute Gasteiger partial charge is 0.291 e. The molecule has 210 valence electrons. The molecule has 2 amide bonds. The van der Waals surface area contributed by atoms with Gasteiger partial charge < -0.3 is 14.6 Å². The normalized spacial score (nSPS) is 16.1. The molecule has 5 rings (SSSR count). The Kier molecular flexibility index (Phi) is 7.92. The third kappa shape index (κ3) is 6.03. The first-order chi connectivity index (χ1) is 19.1. The number of piperidine rings is 1. The van der Waals surface area contributed by atoms with Crippen LogP contribution in [0.2, 0.25) is 10.0 Å². The zero-order valence-corrected chi connectivity index (χ0v) is 22.5.